The Morgan fingerprint density at radius 2 is 1.92 bits per heavy atom. The number of hydrogen-bond acceptors (Lipinski definition) is 3. The molecular formula is C17H14ClN3O3. The molecule has 1 aromatic heterocycles. The molecule has 0 radical (unpaired) electrons. The molecule has 7 heteroatoms. The maximum absolute atomic E-state index is 12.1. The Morgan fingerprint density at radius 3 is 2.71 bits per heavy atom. The van der Waals surface area contributed by atoms with E-state index in [1.54, 1.807) is 48.5 Å². The fourth-order valence-electron chi connectivity index (χ4n) is 2.47. The van der Waals surface area contributed by atoms with Gasteiger partial charge in [0.2, 0.25) is 5.91 Å². The summed E-state index contributed by atoms with van der Waals surface area (Å²) in [7, 11) is 0. The number of rotatable bonds is 4. The number of H-pyrrole nitrogens is 1. The molecule has 0 aliphatic rings. The largest absolute Gasteiger partial charge is 0.328 e. The van der Waals surface area contributed by atoms with Gasteiger partial charge in [0.05, 0.1) is 10.9 Å². The summed E-state index contributed by atoms with van der Waals surface area (Å²) in [5, 5.41) is 3.65. The molecule has 2 aromatic carbocycles. The van der Waals surface area contributed by atoms with Gasteiger partial charge in [-0.2, -0.15) is 0 Å². The number of benzene rings is 2. The van der Waals surface area contributed by atoms with Crippen molar-refractivity contribution >= 4 is 34.1 Å². The van der Waals surface area contributed by atoms with E-state index < -0.39 is 11.2 Å². The lowest BCUT2D eigenvalue weighted by Gasteiger charge is -2.10. The molecule has 0 bridgehead atoms. The van der Waals surface area contributed by atoms with Crippen LogP contribution < -0.4 is 16.6 Å². The van der Waals surface area contributed by atoms with E-state index in [0.717, 1.165) is 0 Å². The van der Waals surface area contributed by atoms with Crippen molar-refractivity contribution in [2.75, 3.05) is 5.32 Å². The van der Waals surface area contributed by atoms with Crippen molar-refractivity contribution in [3.63, 3.8) is 0 Å². The van der Waals surface area contributed by atoms with Gasteiger partial charge in [-0.15, -0.1) is 0 Å². The van der Waals surface area contributed by atoms with Gasteiger partial charge in [0, 0.05) is 23.7 Å². The normalized spacial score (nSPS) is 10.7. The second-order valence-electron chi connectivity index (χ2n) is 5.24. The summed E-state index contributed by atoms with van der Waals surface area (Å²) in [6.45, 7) is 0.155. The Morgan fingerprint density at radius 1 is 1.12 bits per heavy atom. The lowest BCUT2D eigenvalue weighted by atomic mass is 10.2. The van der Waals surface area contributed by atoms with Gasteiger partial charge in [-0.3, -0.25) is 19.1 Å². The van der Waals surface area contributed by atoms with E-state index in [4.69, 9.17) is 11.6 Å². The van der Waals surface area contributed by atoms with E-state index in [1.165, 1.54) is 4.57 Å². The molecule has 1 amide bonds. The van der Waals surface area contributed by atoms with E-state index in [0.29, 0.717) is 21.6 Å². The summed E-state index contributed by atoms with van der Waals surface area (Å²) in [6, 6.07) is 13.6. The predicted octanol–water partition coefficient (Wildman–Crippen LogP) is 2.37. The first-order chi connectivity index (χ1) is 11.5. The molecule has 1 heterocycles. The average Bonchev–Trinajstić information content (AvgIpc) is 2.54. The Bertz CT molecular complexity index is 1020. The summed E-state index contributed by atoms with van der Waals surface area (Å²) in [5.41, 5.74) is 0.123. The van der Waals surface area contributed by atoms with Crippen molar-refractivity contribution in [1.82, 2.24) is 9.55 Å². The molecule has 0 atom stereocenters. The van der Waals surface area contributed by atoms with Crippen LogP contribution in [0.5, 0.6) is 0 Å². The minimum atomic E-state index is -0.533. The molecular weight excluding hydrogens is 330 g/mol. The highest BCUT2D eigenvalue weighted by Gasteiger charge is 2.09. The lowest BCUT2D eigenvalue weighted by Crippen LogP contribution is -2.31. The Labute approximate surface area is 141 Å². The minimum absolute atomic E-state index is 0.0858. The van der Waals surface area contributed by atoms with Gasteiger partial charge >= 0.3 is 5.69 Å². The number of anilines is 1. The van der Waals surface area contributed by atoms with Crippen LogP contribution in [0.3, 0.4) is 0 Å². The number of carbonyl (C=O) groups excluding carboxylic acids is 1. The number of aromatic nitrogens is 2. The summed E-state index contributed by atoms with van der Waals surface area (Å²) in [5.74, 6) is -0.251. The number of aromatic amines is 1. The first-order valence-electron chi connectivity index (χ1n) is 7.32. The van der Waals surface area contributed by atoms with Crippen LogP contribution in [0.25, 0.3) is 10.9 Å². The molecule has 0 saturated heterocycles. The second kappa shape index (κ2) is 6.72. The number of aryl methyl sites for hydroxylation is 1. The summed E-state index contributed by atoms with van der Waals surface area (Å²) in [6.07, 6.45) is 0.0858. The zero-order valence-electron chi connectivity index (χ0n) is 12.6. The highest BCUT2D eigenvalue weighted by atomic mass is 35.5. The molecule has 0 unspecified atom stereocenters. The molecule has 0 saturated carbocycles. The van der Waals surface area contributed by atoms with Crippen LogP contribution in [-0.4, -0.2) is 15.5 Å². The summed E-state index contributed by atoms with van der Waals surface area (Å²) < 4.78 is 1.38. The standard InChI is InChI=1S/C17H14ClN3O3/c18-11-4-3-5-12(10-11)19-15(22)8-9-21-14-7-2-1-6-13(14)16(23)20-17(21)24/h1-7,10H,8-9H2,(H,19,22)(H,20,23,24). The molecule has 6 nitrogen and oxygen atoms in total. The third-order valence-electron chi connectivity index (χ3n) is 3.58. The van der Waals surface area contributed by atoms with Crippen LogP contribution in [0.4, 0.5) is 5.69 Å². The SMILES string of the molecule is O=C(CCn1c(=O)[nH]c(=O)c2ccccc21)Nc1cccc(Cl)c1. The number of hydrogen-bond donors (Lipinski definition) is 2. The van der Waals surface area contributed by atoms with Gasteiger partial charge < -0.3 is 5.32 Å². The van der Waals surface area contributed by atoms with Crippen LogP contribution >= 0.6 is 11.6 Å². The number of nitrogens with zero attached hydrogens (tertiary/aromatic N) is 1. The number of para-hydroxylation sites is 1. The highest BCUT2D eigenvalue weighted by molar-refractivity contribution is 6.30. The van der Waals surface area contributed by atoms with E-state index in [9.17, 15) is 14.4 Å². The first kappa shape index (κ1) is 16.0. The first-order valence-corrected chi connectivity index (χ1v) is 7.70. The fourth-order valence-corrected chi connectivity index (χ4v) is 2.66. The molecule has 3 aromatic rings. The van der Waals surface area contributed by atoms with Crippen LogP contribution in [0.2, 0.25) is 5.02 Å². The molecule has 0 aliphatic carbocycles. The third kappa shape index (κ3) is 3.38. The van der Waals surface area contributed by atoms with Crippen molar-refractivity contribution in [3.8, 4) is 0 Å². The predicted molar refractivity (Wildman–Crippen MR) is 93.5 cm³/mol. The van der Waals surface area contributed by atoms with E-state index >= 15 is 0 Å². The number of halogens is 1. The molecule has 24 heavy (non-hydrogen) atoms. The molecule has 122 valence electrons. The molecule has 0 aliphatic heterocycles. The Kier molecular flexibility index (Phi) is 4.48. The van der Waals surface area contributed by atoms with Gasteiger partial charge in [0.25, 0.3) is 5.56 Å². The van der Waals surface area contributed by atoms with Gasteiger partial charge in [-0.25, -0.2) is 4.79 Å². The number of fused-ring (bicyclic) bond motifs is 1. The summed E-state index contributed by atoms with van der Waals surface area (Å²) in [4.78, 5) is 38.2. The van der Waals surface area contributed by atoms with Gasteiger partial charge in [0.1, 0.15) is 0 Å². The quantitative estimate of drug-likeness (QED) is 0.762. The third-order valence-corrected chi connectivity index (χ3v) is 3.81. The zero-order chi connectivity index (χ0) is 17.1. The van der Waals surface area contributed by atoms with E-state index in [2.05, 4.69) is 10.3 Å². The minimum Gasteiger partial charge on any atom is -0.326 e. The number of nitrogens with one attached hydrogen (secondary N) is 2. The average molecular weight is 344 g/mol. The zero-order valence-corrected chi connectivity index (χ0v) is 13.3. The maximum Gasteiger partial charge on any atom is 0.328 e. The monoisotopic (exact) mass is 343 g/mol. The van der Waals surface area contributed by atoms with Crippen LogP contribution in [-0.2, 0) is 11.3 Å². The maximum atomic E-state index is 12.1. The van der Waals surface area contributed by atoms with E-state index in [-0.39, 0.29) is 18.9 Å². The van der Waals surface area contributed by atoms with Gasteiger partial charge in [0.15, 0.2) is 0 Å². The molecule has 0 fully saturated rings. The van der Waals surface area contributed by atoms with Crippen molar-refractivity contribution in [1.29, 1.82) is 0 Å². The van der Waals surface area contributed by atoms with Crippen LogP contribution in [0.15, 0.2) is 58.1 Å². The number of carbonyl (C=O) groups is 1. The topological polar surface area (TPSA) is 84.0 Å². The smallest absolute Gasteiger partial charge is 0.326 e. The second-order valence-corrected chi connectivity index (χ2v) is 5.67. The molecule has 3 rings (SSSR count). The van der Waals surface area contributed by atoms with Gasteiger partial charge in [-0.05, 0) is 30.3 Å². The fraction of sp³-hybridized carbons (Fsp3) is 0.118. The summed E-state index contributed by atoms with van der Waals surface area (Å²) >= 11 is 5.87. The van der Waals surface area contributed by atoms with Crippen molar-refractivity contribution in [3.05, 3.63) is 74.4 Å². The highest BCUT2D eigenvalue weighted by Crippen LogP contribution is 2.15. The lowest BCUT2D eigenvalue weighted by molar-refractivity contribution is -0.116. The number of amides is 1. The molecule has 0 spiro atoms. The van der Waals surface area contributed by atoms with E-state index in [1.807, 2.05) is 0 Å². The van der Waals surface area contributed by atoms with Gasteiger partial charge in [-0.1, -0.05) is 29.8 Å². The van der Waals surface area contributed by atoms with Crippen LogP contribution in [0.1, 0.15) is 6.42 Å². The van der Waals surface area contributed by atoms with Crippen LogP contribution in [0, 0.1) is 0 Å². The Balaban J connectivity index is 1.80. The molecule has 2 N–H and O–H groups in total. The Hall–Kier alpha value is -2.86. The van der Waals surface area contributed by atoms with Crippen molar-refractivity contribution in [2.45, 2.75) is 13.0 Å². The van der Waals surface area contributed by atoms with Crippen molar-refractivity contribution in [2.24, 2.45) is 0 Å². The van der Waals surface area contributed by atoms with Crippen molar-refractivity contribution < 1.29 is 4.79 Å².